The molecule has 1 atom stereocenters. The monoisotopic (exact) mass is 343 g/mol. The molecule has 6 nitrogen and oxygen atoms in total. The van der Waals surface area contributed by atoms with Crippen molar-refractivity contribution in [1.82, 2.24) is 15.1 Å². The molecule has 1 saturated heterocycles. The minimum atomic E-state index is 0.422. The Kier molecular flexibility index (Phi) is 4.90. The Labute approximate surface area is 148 Å². The van der Waals surface area contributed by atoms with Crippen molar-refractivity contribution in [2.75, 3.05) is 26.4 Å². The molecule has 0 saturated carbocycles. The minimum absolute atomic E-state index is 0.422. The zero-order valence-corrected chi connectivity index (χ0v) is 14.7. The van der Waals surface area contributed by atoms with E-state index in [1.807, 2.05) is 23.9 Å². The van der Waals surface area contributed by atoms with Gasteiger partial charge in [0.1, 0.15) is 0 Å². The lowest BCUT2D eigenvalue weighted by molar-refractivity contribution is 0.0699. The van der Waals surface area contributed by atoms with E-state index in [-0.39, 0.29) is 0 Å². The van der Waals surface area contributed by atoms with Gasteiger partial charge in [0, 0.05) is 50.0 Å². The molecule has 1 N–H and O–H groups in total. The number of benzene rings is 1. The summed E-state index contributed by atoms with van der Waals surface area (Å²) in [5, 5.41) is 8.27. The molecular formula is C19H25N3O3. The standard InChI is InChI=1S/C19H25N3O3/c1-22-12-15(11-20-16-4-2-7-23-13-16)19(21-22)14-5-6-17-18(10-14)25-9-3-8-24-17/h5-6,10,12,16,20H,2-4,7-9,11,13H2,1H3. The van der Waals surface area contributed by atoms with E-state index >= 15 is 0 Å². The van der Waals surface area contributed by atoms with Gasteiger partial charge in [-0.1, -0.05) is 0 Å². The van der Waals surface area contributed by atoms with Gasteiger partial charge in [0.05, 0.1) is 25.5 Å². The number of aryl methyl sites for hydroxylation is 1. The molecule has 25 heavy (non-hydrogen) atoms. The summed E-state index contributed by atoms with van der Waals surface area (Å²) in [7, 11) is 1.96. The molecule has 0 aliphatic carbocycles. The van der Waals surface area contributed by atoms with Gasteiger partial charge >= 0.3 is 0 Å². The van der Waals surface area contributed by atoms with Crippen LogP contribution >= 0.6 is 0 Å². The molecule has 1 unspecified atom stereocenters. The lowest BCUT2D eigenvalue weighted by Gasteiger charge is -2.23. The molecule has 1 fully saturated rings. The molecule has 0 spiro atoms. The average molecular weight is 343 g/mol. The van der Waals surface area contributed by atoms with Gasteiger partial charge < -0.3 is 19.5 Å². The first kappa shape index (κ1) is 16.4. The van der Waals surface area contributed by atoms with Crippen molar-refractivity contribution in [1.29, 1.82) is 0 Å². The van der Waals surface area contributed by atoms with E-state index in [1.54, 1.807) is 0 Å². The fourth-order valence-corrected chi connectivity index (χ4v) is 3.38. The molecule has 134 valence electrons. The fourth-order valence-electron chi connectivity index (χ4n) is 3.38. The second kappa shape index (κ2) is 7.45. The maximum Gasteiger partial charge on any atom is 0.161 e. The Morgan fingerprint density at radius 2 is 2.04 bits per heavy atom. The summed E-state index contributed by atoms with van der Waals surface area (Å²) in [5.74, 6) is 1.62. The van der Waals surface area contributed by atoms with Gasteiger partial charge in [-0.25, -0.2) is 0 Å². The number of fused-ring (bicyclic) bond motifs is 1. The molecule has 2 aliphatic rings. The van der Waals surface area contributed by atoms with E-state index < -0.39 is 0 Å². The van der Waals surface area contributed by atoms with Crippen molar-refractivity contribution in [3.8, 4) is 22.8 Å². The first-order chi connectivity index (χ1) is 12.3. The zero-order valence-electron chi connectivity index (χ0n) is 14.7. The number of nitrogens with one attached hydrogen (secondary N) is 1. The van der Waals surface area contributed by atoms with Crippen LogP contribution in [-0.4, -0.2) is 42.2 Å². The van der Waals surface area contributed by atoms with Crippen molar-refractivity contribution < 1.29 is 14.2 Å². The lowest BCUT2D eigenvalue weighted by Crippen LogP contribution is -2.36. The predicted octanol–water partition coefficient (Wildman–Crippen LogP) is 2.52. The van der Waals surface area contributed by atoms with Crippen LogP contribution in [0.25, 0.3) is 11.3 Å². The number of rotatable bonds is 4. The van der Waals surface area contributed by atoms with E-state index in [1.165, 1.54) is 12.0 Å². The molecule has 2 aliphatic heterocycles. The highest BCUT2D eigenvalue weighted by Crippen LogP contribution is 2.34. The van der Waals surface area contributed by atoms with Crippen molar-refractivity contribution in [3.05, 3.63) is 30.0 Å². The molecule has 2 aromatic rings. The number of hydrogen-bond donors (Lipinski definition) is 1. The number of hydrogen-bond acceptors (Lipinski definition) is 5. The third-order valence-corrected chi connectivity index (χ3v) is 4.67. The van der Waals surface area contributed by atoms with E-state index in [2.05, 4.69) is 22.7 Å². The molecular weight excluding hydrogens is 318 g/mol. The minimum Gasteiger partial charge on any atom is -0.490 e. The van der Waals surface area contributed by atoms with Crippen LogP contribution < -0.4 is 14.8 Å². The van der Waals surface area contributed by atoms with Gasteiger partial charge in [-0.2, -0.15) is 5.10 Å². The molecule has 0 amide bonds. The van der Waals surface area contributed by atoms with E-state index in [0.717, 1.165) is 55.4 Å². The van der Waals surface area contributed by atoms with Crippen LogP contribution in [0.1, 0.15) is 24.8 Å². The fraction of sp³-hybridized carbons (Fsp3) is 0.526. The first-order valence-electron chi connectivity index (χ1n) is 9.03. The van der Waals surface area contributed by atoms with E-state index in [9.17, 15) is 0 Å². The number of aromatic nitrogens is 2. The van der Waals surface area contributed by atoms with Gasteiger partial charge in [0.25, 0.3) is 0 Å². The first-order valence-corrected chi connectivity index (χ1v) is 9.03. The van der Waals surface area contributed by atoms with Crippen LogP contribution in [0, 0.1) is 0 Å². The summed E-state index contributed by atoms with van der Waals surface area (Å²) < 4.78 is 19.0. The quantitative estimate of drug-likeness (QED) is 0.924. The van der Waals surface area contributed by atoms with Crippen molar-refractivity contribution >= 4 is 0 Å². The van der Waals surface area contributed by atoms with Crippen LogP contribution in [0.2, 0.25) is 0 Å². The van der Waals surface area contributed by atoms with Crippen molar-refractivity contribution in [3.63, 3.8) is 0 Å². The largest absolute Gasteiger partial charge is 0.490 e. The molecule has 6 heteroatoms. The summed E-state index contributed by atoms with van der Waals surface area (Å²) in [6, 6.07) is 6.50. The molecule has 3 heterocycles. The maximum absolute atomic E-state index is 5.82. The Morgan fingerprint density at radius 3 is 2.88 bits per heavy atom. The maximum atomic E-state index is 5.82. The van der Waals surface area contributed by atoms with Crippen LogP contribution in [-0.2, 0) is 18.3 Å². The summed E-state index contributed by atoms with van der Waals surface area (Å²) in [4.78, 5) is 0. The van der Waals surface area contributed by atoms with Gasteiger partial charge in [-0.15, -0.1) is 0 Å². The summed E-state index contributed by atoms with van der Waals surface area (Å²) in [6.07, 6.45) is 5.28. The third-order valence-electron chi connectivity index (χ3n) is 4.67. The van der Waals surface area contributed by atoms with Gasteiger partial charge in [0.2, 0.25) is 0 Å². The van der Waals surface area contributed by atoms with Crippen LogP contribution in [0.5, 0.6) is 11.5 Å². The Morgan fingerprint density at radius 1 is 1.16 bits per heavy atom. The molecule has 1 aromatic carbocycles. The summed E-state index contributed by atoms with van der Waals surface area (Å²) in [6.45, 7) is 3.85. The second-order valence-corrected chi connectivity index (χ2v) is 6.68. The van der Waals surface area contributed by atoms with Crippen LogP contribution in [0.4, 0.5) is 0 Å². The highest BCUT2D eigenvalue weighted by Gasteiger charge is 2.18. The summed E-state index contributed by atoms with van der Waals surface area (Å²) in [5.41, 5.74) is 3.23. The summed E-state index contributed by atoms with van der Waals surface area (Å²) >= 11 is 0. The average Bonchev–Trinajstić information content (AvgIpc) is 2.86. The third kappa shape index (κ3) is 3.80. The zero-order chi connectivity index (χ0) is 17.1. The Hall–Kier alpha value is -2.05. The lowest BCUT2D eigenvalue weighted by atomic mass is 10.1. The van der Waals surface area contributed by atoms with Crippen molar-refractivity contribution in [2.24, 2.45) is 7.05 Å². The Bertz CT molecular complexity index is 723. The SMILES string of the molecule is Cn1cc(CNC2CCCOC2)c(-c2ccc3c(c2)OCCCO3)n1. The van der Waals surface area contributed by atoms with E-state index in [0.29, 0.717) is 19.3 Å². The smallest absolute Gasteiger partial charge is 0.161 e. The second-order valence-electron chi connectivity index (χ2n) is 6.68. The molecule has 4 rings (SSSR count). The topological polar surface area (TPSA) is 57.5 Å². The van der Waals surface area contributed by atoms with Crippen LogP contribution in [0.3, 0.4) is 0 Å². The van der Waals surface area contributed by atoms with Gasteiger partial charge in [0.15, 0.2) is 11.5 Å². The van der Waals surface area contributed by atoms with Crippen LogP contribution in [0.15, 0.2) is 24.4 Å². The van der Waals surface area contributed by atoms with Crippen molar-refractivity contribution in [2.45, 2.75) is 31.8 Å². The normalized spacial score (nSPS) is 20.3. The van der Waals surface area contributed by atoms with Gasteiger partial charge in [-0.3, -0.25) is 4.68 Å². The Balaban J connectivity index is 1.54. The molecule has 0 radical (unpaired) electrons. The number of nitrogens with zero attached hydrogens (tertiary/aromatic N) is 2. The molecule has 1 aromatic heterocycles. The molecule has 0 bridgehead atoms. The highest BCUT2D eigenvalue weighted by atomic mass is 16.5. The predicted molar refractivity (Wildman–Crippen MR) is 94.9 cm³/mol. The number of ether oxygens (including phenoxy) is 3. The van der Waals surface area contributed by atoms with E-state index in [4.69, 9.17) is 14.2 Å². The highest BCUT2D eigenvalue weighted by molar-refractivity contribution is 5.66. The van der Waals surface area contributed by atoms with Gasteiger partial charge in [-0.05, 0) is 31.0 Å².